The molecule has 0 radical (unpaired) electrons. The van der Waals surface area contributed by atoms with E-state index in [0.717, 1.165) is 24.1 Å². The van der Waals surface area contributed by atoms with Gasteiger partial charge in [0.1, 0.15) is 5.75 Å². The third kappa shape index (κ3) is 13.0. The average molecular weight is 646 g/mol. The molecule has 2 aromatic rings. The third-order valence-corrected chi connectivity index (χ3v) is 8.32. The van der Waals surface area contributed by atoms with Gasteiger partial charge in [0.15, 0.2) is 0 Å². The lowest BCUT2D eigenvalue weighted by molar-refractivity contribution is -0.123. The molecule has 5 amide bonds. The lowest BCUT2D eigenvalue weighted by atomic mass is 10.1. The van der Waals surface area contributed by atoms with E-state index < -0.39 is 0 Å². The van der Waals surface area contributed by atoms with E-state index in [1.54, 1.807) is 18.2 Å². The van der Waals surface area contributed by atoms with Crippen molar-refractivity contribution in [2.75, 3.05) is 44.8 Å². The number of likely N-dealkylation sites (N-methyl/N-ethyl adjacent to an activating group) is 1. The first kappa shape index (κ1) is 36.8. The molecule has 1 heterocycles. The van der Waals surface area contributed by atoms with Crippen molar-refractivity contribution >= 4 is 48.0 Å². The van der Waals surface area contributed by atoms with Crippen LogP contribution in [0.3, 0.4) is 0 Å². The Labute approximate surface area is 267 Å². The zero-order chi connectivity index (χ0) is 33.0. The fourth-order valence-electron chi connectivity index (χ4n) is 4.36. The number of thioether (sulfide) groups is 1. The fraction of sp³-hybridized carbons (Fsp3) is 0.433. The van der Waals surface area contributed by atoms with Crippen molar-refractivity contribution < 1.29 is 33.8 Å². The number of phenolic OH excluding ortho intramolecular Hbond substituents is 1. The molecule has 1 aliphatic rings. The van der Waals surface area contributed by atoms with Gasteiger partial charge < -0.3 is 36.8 Å². The number of carbonyl (C=O) groups is 5. The van der Waals surface area contributed by atoms with Crippen molar-refractivity contribution in [2.45, 2.75) is 43.5 Å². The molecule has 2 aromatic carbocycles. The number of aromatic hydroxyl groups is 1. The Bertz CT molecular complexity index is 1270. The second kappa shape index (κ2) is 20.6. The maximum atomic E-state index is 12.0. The number of anilines is 1. The number of nitrogen functional groups attached to an aromatic ring is 1. The number of hydrazine groups is 1. The normalized spacial score (nSPS) is 16.8. The molecule has 3 unspecified atom stereocenters. The number of nitrogens with two attached hydrogens (primary N) is 1. The molecule has 45 heavy (non-hydrogen) atoms. The van der Waals surface area contributed by atoms with Crippen molar-refractivity contribution in [2.24, 2.45) is 0 Å². The van der Waals surface area contributed by atoms with Crippen molar-refractivity contribution in [3.05, 3.63) is 59.2 Å². The van der Waals surface area contributed by atoms with Crippen molar-refractivity contribution in [1.29, 1.82) is 0 Å². The molecular formula is C30H43N7O7S. The molecule has 9 N–H and O–H groups in total. The van der Waals surface area contributed by atoms with Gasteiger partial charge in [-0.3, -0.25) is 34.8 Å². The molecule has 14 nitrogen and oxygen atoms in total. The van der Waals surface area contributed by atoms with Crippen LogP contribution in [0.5, 0.6) is 5.75 Å². The summed E-state index contributed by atoms with van der Waals surface area (Å²) < 4.78 is 5.55. The number of hydrogen-bond acceptors (Lipinski definition) is 10. The minimum Gasteiger partial charge on any atom is -0.507 e. The van der Waals surface area contributed by atoms with Gasteiger partial charge >= 0.3 is 0 Å². The van der Waals surface area contributed by atoms with Gasteiger partial charge in [-0.05, 0) is 50.6 Å². The number of ether oxygens (including phenoxy) is 1. The fourth-order valence-corrected chi connectivity index (χ4v) is 5.93. The van der Waals surface area contributed by atoms with Crippen molar-refractivity contribution in [3.8, 4) is 5.75 Å². The van der Waals surface area contributed by atoms with E-state index in [1.807, 2.05) is 37.9 Å². The van der Waals surface area contributed by atoms with Crippen LogP contribution < -0.4 is 37.9 Å². The minimum absolute atomic E-state index is 0.0797. The maximum Gasteiger partial charge on any atom is 0.269 e. The Hall–Kier alpha value is -4.34. The van der Waals surface area contributed by atoms with E-state index in [9.17, 15) is 29.1 Å². The maximum absolute atomic E-state index is 12.0. The Kier molecular flexibility index (Phi) is 16.9. The molecule has 0 bridgehead atoms. The summed E-state index contributed by atoms with van der Waals surface area (Å²) in [6.07, 6.45) is 2.92. The average Bonchev–Trinajstić information content (AvgIpc) is 3.41. The molecule has 3 rings (SSSR count). The van der Waals surface area contributed by atoms with Crippen LogP contribution in [-0.2, 0) is 19.1 Å². The second-order valence-corrected chi connectivity index (χ2v) is 11.3. The predicted molar refractivity (Wildman–Crippen MR) is 172 cm³/mol. The van der Waals surface area contributed by atoms with Gasteiger partial charge in [-0.25, -0.2) is 0 Å². The Morgan fingerprint density at radius 1 is 1.02 bits per heavy atom. The van der Waals surface area contributed by atoms with Crippen LogP contribution in [0.4, 0.5) is 5.69 Å². The smallest absolute Gasteiger partial charge is 0.269 e. The highest BCUT2D eigenvalue weighted by molar-refractivity contribution is 8.00. The number of aryl methyl sites for hydroxylation is 1. The third-order valence-electron chi connectivity index (χ3n) is 6.81. The Balaban J connectivity index is 0.000000355. The molecule has 15 heteroatoms. The summed E-state index contributed by atoms with van der Waals surface area (Å²) in [7, 11) is 1.89. The molecule has 0 aromatic heterocycles. The highest BCUT2D eigenvalue weighted by atomic mass is 32.2. The number of rotatable bonds is 16. The minimum atomic E-state index is -0.367. The molecule has 1 saturated heterocycles. The SMILES string of the molecule is CNC1CSC(CCOCCC(=O)NNC(=O)c2ccccc2C)C1NC=O.Nc1ccc(C(=O)NCCCNC=O)c(O)c1. The van der Waals surface area contributed by atoms with E-state index in [1.165, 1.54) is 12.1 Å². The summed E-state index contributed by atoms with van der Waals surface area (Å²) in [5.41, 5.74) is 12.2. The van der Waals surface area contributed by atoms with E-state index in [-0.39, 0.29) is 59.4 Å². The Morgan fingerprint density at radius 3 is 2.49 bits per heavy atom. The second-order valence-electron chi connectivity index (χ2n) is 10.0. The summed E-state index contributed by atoms with van der Waals surface area (Å²) in [6.45, 7) is 3.53. The van der Waals surface area contributed by atoms with Crippen LogP contribution in [0, 0.1) is 6.92 Å². The molecule has 0 saturated carbocycles. The lowest BCUT2D eigenvalue weighted by Gasteiger charge is -2.22. The highest BCUT2D eigenvalue weighted by Gasteiger charge is 2.35. The van der Waals surface area contributed by atoms with Gasteiger partial charge in [0, 0.05) is 54.1 Å². The van der Waals surface area contributed by atoms with Gasteiger partial charge in [-0.1, -0.05) is 18.2 Å². The van der Waals surface area contributed by atoms with Gasteiger partial charge in [-0.2, -0.15) is 11.8 Å². The number of benzene rings is 2. The van der Waals surface area contributed by atoms with Gasteiger partial charge in [-0.15, -0.1) is 0 Å². The van der Waals surface area contributed by atoms with Crippen LogP contribution >= 0.6 is 11.8 Å². The zero-order valence-electron chi connectivity index (χ0n) is 25.5. The molecule has 3 atom stereocenters. The summed E-state index contributed by atoms with van der Waals surface area (Å²) >= 11 is 1.81. The number of amides is 5. The summed E-state index contributed by atoms with van der Waals surface area (Å²) in [5.74, 6) is -0.233. The lowest BCUT2D eigenvalue weighted by Crippen LogP contribution is -2.48. The van der Waals surface area contributed by atoms with E-state index in [0.29, 0.717) is 43.8 Å². The summed E-state index contributed by atoms with van der Waals surface area (Å²) in [4.78, 5) is 56.2. The van der Waals surface area contributed by atoms with Crippen LogP contribution in [0.15, 0.2) is 42.5 Å². The highest BCUT2D eigenvalue weighted by Crippen LogP contribution is 2.29. The van der Waals surface area contributed by atoms with Crippen molar-refractivity contribution in [3.63, 3.8) is 0 Å². The molecular weight excluding hydrogens is 602 g/mol. The van der Waals surface area contributed by atoms with Crippen LogP contribution in [0.2, 0.25) is 0 Å². The monoisotopic (exact) mass is 645 g/mol. The predicted octanol–water partition coefficient (Wildman–Crippen LogP) is 0.211. The van der Waals surface area contributed by atoms with E-state index in [4.69, 9.17) is 10.5 Å². The zero-order valence-corrected chi connectivity index (χ0v) is 26.3. The number of carbonyl (C=O) groups excluding carboxylic acids is 5. The first-order valence-electron chi connectivity index (χ1n) is 14.5. The summed E-state index contributed by atoms with van der Waals surface area (Å²) in [6, 6.07) is 11.8. The number of nitrogens with one attached hydrogen (secondary N) is 6. The summed E-state index contributed by atoms with van der Waals surface area (Å²) in [5, 5.41) is 21.0. The van der Waals surface area contributed by atoms with Crippen LogP contribution in [0.1, 0.15) is 45.5 Å². The van der Waals surface area contributed by atoms with E-state index >= 15 is 0 Å². The largest absolute Gasteiger partial charge is 0.507 e. The van der Waals surface area contributed by atoms with Gasteiger partial charge in [0.25, 0.3) is 11.8 Å². The standard InChI is InChI=1S/C19H28N4O4S.C11H15N3O3/c1-13-5-3-4-6-14(13)19(26)23-22-17(25)8-10-27-9-7-16-18(21-12-24)15(20-2)11-28-16;12-8-2-3-9(10(16)6-8)11(17)14-5-1-4-13-7-15/h3-6,12,15-16,18,20H,7-11H2,1-2H3,(H,21,24)(H,22,25)(H,23,26);2-3,6-7,16H,1,4-5,12H2,(H,13,15)(H,14,17). The molecule has 0 aliphatic carbocycles. The van der Waals surface area contributed by atoms with Crippen LogP contribution in [-0.4, -0.2) is 92.1 Å². The Morgan fingerprint density at radius 2 is 1.80 bits per heavy atom. The first-order chi connectivity index (χ1) is 21.7. The molecule has 1 aliphatic heterocycles. The topological polar surface area (TPSA) is 213 Å². The van der Waals surface area contributed by atoms with E-state index in [2.05, 4.69) is 32.1 Å². The van der Waals surface area contributed by atoms with Gasteiger partial charge in [0.05, 0.1) is 24.6 Å². The molecule has 246 valence electrons. The molecule has 0 spiro atoms. The number of hydrogen-bond donors (Lipinski definition) is 8. The number of phenols is 1. The van der Waals surface area contributed by atoms with Crippen molar-refractivity contribution in [1.82, 2.24) is 32.1 Å². The quantitative estimate of drug-likeness (QED) is 0.0538. The first-order valence-corrected chi connectivity index (χ1v) is 15.5. The van der Waals surface area contributed by atoms with Gasteiger partial charge in [0.2, 0.25) is 18.7 Å². The molecule has 1 fully saturated rings. The van der Waals surface area contributed by atoms with Crippen LogP contribution in [0.25, 0.3) is 0 Å².